The number of aromatic nitrogens is 1. The average Bonchev–Trinajstić information content (AvgIpc) is 2.81. The number of rotatable bonds is 6. The van der Waals surface area contributed by atoms with Crippen molar-refractivity contribution in [3.63, 3.8) is 0 Å². The molecule has 0 saturated heterocycles. The summed E-state index contributed by atoms with van der Waals surface area (Å²) in [5.74, 6) is 0. The Kier molecular flexibility index (Phi) is 5.58. The average molecular weight is 326 g/mol. The topological polar surface area (TPSA) is 48.4 Å². The fourth-order valence-corrected chi connectivity index (χ4v) is 2.97. The van der Waals surface area contributed by atoms with Crippen molar-refractivity contribution < 1.29 is 5.11 Å². The van der Waals surface area contributed by atoms with Gasteiger partial charge >= 0.3 is 0 Å². The predicted molar refractivity (Wildman–Crippen MR) is 89.3 cm³/mol. The van der Waals surface area contributed by atoms with Gasteiger partial charge in [0.1, 0.15) is 0 Å². The lowest BCUT2D eigenvalue weighted by Gasteiger charge is -2.12. The minimum atomic E-state index is -0.538. The molecule has 1 aromatic heterocycles. The van der Waals surface area contributed by atoms with Gasteiger partial charge in [0.2, 0.25) is 0 Å². The van der Waals surface area contributed by atoms with E-state index in [4.69, 9.17) is 11.6 Å². The lowest BCUT2D eigenvalue weighted by Crippen LogP contribution is -2.20. The van der Waals surface area contributed by atoms with Gasteiger partial charge < -0.3 is 15.3 Å². The molecule has 6 heteroatoms. The van der Waals surface area contributed by atoms with Gasteiger partial charge in [-0.1, -0.05) is 23.7 Å². The van der Waals surface area contributed by atoms with Crippen molar-refractivity contribution >= 4 is 28.1 Å². The van der Waals surface area contributed by atoms with E-state index in [9.17, 15) is 5.11 Å². The zero-order valence-electron chi connectivity index (χ0n) is 12.4. The van der Waals surface area contributed by atoms with Crippen LogP contribution in [0, 0.1) is 6.92 Å². The maximum atomic E-state index is 10.1. The molecule has 0 amide bonds. The number of nitrogens with one attached hydrogen (secondary N) is 1. The number of aliphatic hydroxyl groups excluding tert-OH is 1. The summed E-state index contributed by atoms with van der Waals surface area (Å²) in [7, 11) is 3.97. The quantitative estimate of drug-likeness (QED) is 0.857. The summed E-state index contributed by atoms with van der Waals surface area (Å²) in [5.41, 5.74) is 1.90. The maximum absolute atomic E-state index is 10.1. The molecule has 0 saturated carbocycles. The SMILES string of the molecule is Cc1nc(N(C)C)sc1CNCC(O)c1ccc(Cl)cc1. The fourth-order valence-electron chi connectivity index (χ4n) is 1.89. The van der Waals surface area contributed by atoms with Crippen LogP contribution < -0.4 is 10.2 Å². The normalized spacial score (nSPS) is 12.4. The Morgan fingerprint density at radius 1 is 1.33 bits per heavy atom. The Bertz CT molecular complexity index is 583. The maximum Gasteiger partial charge on any atom is 0.185 e. The number of halogens is 1. The van der Waals surface area contributed by atoms with Crippen molar-refractivity contribution in [2.45, 2.75) is 19.6 Å². The fraction of sp³-hybridized carbons (Fsp3) is 0.400. The van der Waals surface area contributed by atoms with E-state index in [1.54, 1.807) is 23.5 Å². The number of thiazole rings is 1. The van der Waals surface area contributed by atoms with Gasteiger partial charge in [-0.15, -0.1) is 11.3 Å². The molecule has 0 bridgehead atoms. The summed E-state index contributed by atoms with van der Waals surface area (Å²) >= 11 is 7.51. The molecule has 0 aliphatic rings. The van der Waals surface area contributed by atoms with E-state index in [-0.39, 0.29) is 0 Å². The van der Waals surface area contributed by atoms with Crippen LogP contribution in [0.3, 0.4) is 0 Å². The molecule has 1 atom stereocenters. The second kappa shape index (κ2) is 7.22. The standard InChI is InChI=1S/C15H20ClN3OS/c1-10-14(21-15(18-10)19(2)3)9-17-8-13(20)11-4-6-12(16)7-5-11/h4-7,13,17,20H,8-9H2,1-3H3. The molecule has 0 spiro atoms. The molecule has 2 aromatic rings. The number of hydrogen-bond donors (Lipinski definition) is 2. The molecule has 1 aromatic carbocycles. The second-order valence-corrected chi connectivity index (χ2v) is 6.60. The summed E-state index contributed by atoms with van der Waals surface area (Å²) in [6.07, 6.45) is -0.538. The molecule has 2 rings (SSSR count). The molecule has 1 heterocycles. The smallest absolute Gasteiger partial charge is 0.185 e. The first kappa shape index (κ1) is 16.2. The number of hydrogen-bond acceptors (Lipinski definition) is 5. The first-order valence-corrected chi connectivity index (χ1v) is 7.94. The van der Waals surface area contributed by atoms with Gasteiger partial charge in [-0.05, 0) is 24.6 Å². The summed E-state index contributed by atoms with van der Waals surface area (Å²) < 4.78 is 0. The van der Waals surface area contributed by atoms with Gasteiger partial charge in [-0.2, -0.15) is 0 Å². The first-order valence-electron chi connectivity index (χ1n) is 6.75. The van der Waals surface area contributed by atoms with Crippen molar-refractivity contribution in [2.24, 2.45) is 0 Å². The highest BCUT2D eigenvalue weighted by molar-refractivity contribution is 7.15. The van der Waals surface area contributed by atoms with Crippen LogP contribution in [0.25, 0.3) is 0 Å². The highest BCUT2D eigenvalue weighted by Gasteiger charge is 2.10. The lowest BCUT2D eigenvalue weighted by molar-refractivity contribution is 0.174. The van der Waals surface area contributed by atoms with E-state index in [2.05, 4.69) is 10.3 Å². The van der Waals surface area contributed by atoms with Crippen LogP contribution in [0.15, 0.2) is 24.3 Å². The molecule has 0 aliphatic heterocycles. The van der Waals surface area contributed by atoms with E-state index in [1.807, 2.05) is 38.1 Å². The third-order valence-electron chi connectivity index (χ3n) is 3.14. The Morgan fingerprint density at radius 3 is 2.57 bits per heavy atom. The molecular weight excluding hydrogens is 306 g/mol. The van der Waals surface area contributed by atoms with E-state index in [0.717, 1.165) is 16.4 Å². The van der Waals surface area contributed by atoms with Crippen LogP contribution in [0.4, 0.5) is 5.13 Å². The Morgan fingerprint density at radius 2 is 2.00 bits per heavy atom. The van der Waals surface area contributed by atoms with E-state index >= 15 is 0 Å². The number of aliphatic hydroxyl groups is 1. The Hall–Kier alpha value is -1.14. The van der Waals surface area contributed by atoms with Gasteiger partial charge in [-0.3, -0.25) is 0 Å². The third kappa shape index (κ3) is 4.41. The van der Waals surface area contributed by atoms with Crippen molar-refractivity contribution in [1.82, 2.24) is 10.3 Å². The molecular formula is C15H20ClN3OS. The zero-order chi connectivity index (χ0) is 15.4. The minimum absolute atomic E-state index is 0.496. The summed E-state index contributed by atoms with van der Waals surface area (Å²) in [6, 6.07) is 7.27. The van der Waals surface area contributed by atoms with E-state index in [1.165, 1.54) is 4.88 Å². The van der Waals surface area contributed by atoms with Crippen LogP contribution in [-0.4, -0.2) is 30.7 Å². The van der Waals surface area contributed by atoms with Gasteiger partial charge in [0.15, 0.2) is 5.13 Å². The largest absolute Gasteiger partial charge is 0.387 e. The predicted octanol–water partition coefficient (Wildman–Crippen LogP) is 2.99. The number of anilines is 1. The minimum Gasteiger partial charge on any atom is -0.387 e. The summed E-state index contributed by atoms with van der Waals surface area (Å²) in [6.45, 7) is 3.22. The lowest BCUT2D eigenvalue weighted by atomic mass is 10.1. The second-order valence-electron chi connectivity index (χ2n) is 5.10. The van der Waals surface area contributed by atoms with Crippen molar-refractivity contribution in [3.05, 3.63) is 45.4 Å². The molecule has 1 unspecified atom stereocenters. The Balaban J connectivity index is 1.87. The van der Waals surface area contributed by atoms with Crippen LogP contribution in [0.2, 0.25) is 5.02 Å². The van der Waals surface area contributed by atoms with Gasteiger partial charge in [0, 0.05) is 37.1 Å². The monoisotopic (exact) mass is 325 g/mol. The van der Waals surface area contributed by atoms with Gasteiger partial charge in [0.05, 0.1) is 11.8 Å². The Labute approximate surface area is 134 Å². The van der Waals surface area contributed by atoms with Crippen LogP contribution in [-0.2, 0) is 6.54 Å². The summed E-state index contributed by atoms with van der Waals surface area (Å²) in [5, 5.41) is 15.1. The zero-order valence-corrected chi connectivity index (χ0v) is 14.0. The number of benzene rings is 1. The van der Waals surface area contributed by atoms with Crippen LogP contribution in [0.5, 0.6) is 0 Å². The van der Waals surface area contributed by atoms with Gasteiger partial charge in [0.25, 0.3) is 0 Å². The van der Waals surface area contributed by atoms with Crippen molar-refractivity contribution in [1.29, 1.82) is 0 Å². The van der Waals surface area contributed by atoms with Gasteiger partial charge in [-0.25, -0.2) is 4.98 Å². The molecule has 114 valence electrons. The van der Waals surface area contributed by atoms with E-state index < -0.39 is 6.10 Å². The van der Waals surface area contributed by atoms with Crippen LogP contribution >= 0.6 is 22.9 Å². The third-order valence-corrected chi connectivity index (χ3v) is 4.72. The van der Waals surface area contributed by atoms with Crippen molar-refractivity contribution in [2.75, 3.05) is 25.5 Å². The van der Waals surface area contributed by atoms with Crippen molar-refractivity contribution in [3.8, 4) is 0 Å². The summed E-state index contributed by atoms with van der Waals surface area (Å²) in [4.78, 5) is 7.70. The van der Waals surface area contributed by atoms with E-state index in [0.29, 0.717) is 18.1 Å². The highest BCUT2D eigenvalue weighted by atomic mass is 35.5. The van der Waals surface area contributed by atoms with Crippen LogP contribution in [0.1, 0.15) is 22.2 Å². The first-order chi connectivity index (χ1) is 9.97. The number of aryl methyl sites for hydroxylation is 1. The molecule has 0 aliphatic carbocycles. The number of nitrogens with zero attached hydrogens (tertiary/aromatic N) is 2. The molecule has 4 nitrogen and oxygen atoms in total. The molecule has 0 radical (unpaired) electrons. The molecule has 2 N–H and O–H groups in total. The molecule has 21 heavy (non-hydrogen) atoms. The highest BCUT2D eigenvalue weighted by Crippen LogP contribution is 2.24. The molecule has 0 fully saturated rings.